The van der Waals surface area contributed by atoms with Crippen LogP contribution >= 0.6 is 0 Å². The lowest BCUT2D eigenvalue weighted by atomic mass is 9.83. The standard InChI is InChI=1S/C18H14O/c1-2-7-13-11(5-1)12-6-3-4-8-14(12)17-15(13)9-10-16-18(17)19-16/h1-8,16,18H,9-10H2. The van der Waals surface area contributed by atoms with Crippen LogP contribution in [0.4, 0.5) is 0 Å². The zero-order chi connectivity index (χ0) is 12.4. The summed E-state index contributed by atoms with van der Waals surface area (Å²) in [6.07, 6.45) is 3.18. The third-order valence-electron chi connectivity index (χ3n) is 4.63. The molecule has 0 N–H and O–H groups in total. The summed E-state index contributed by atoms with van der Waals surface area (Å²) < 4.78 is 5.86. The molecular formula is C18H14O. The summed E-state index contributed by atoms with van der Waals surface area (Å²) in [5.41, 5.74) is 2.98. The summed E-state index contributed by atoms with van der Waals surface area (Å²) in [4.78, 5) is 0. The Kier molecular flexibility index (Phi) is 1.77. The third-order valence-corrected chi connectivity index (χ3v) is 4.63. The highest BCUT2D eigenvalue weighted by molar-refractivity contribution is 6.11. The average Bonchev–Trinajstić information content (AvgIpc) is 3.26. The van der Waals surface area contributed by atoms with Crippen molar-refractivity contribution in [1.82, 2.24) is 0 Å². The van der Waals surface area contributed by atoms with Gasteiger partial charge in [0.25, 0.3) is 0 Å². The lowest BCUT2D eigenvalue weighted by Gasteiger charge is -2.18. The predicted octanol–water partition coefficient (Wildman–Crippen LogP) is 4.38. The molecule has 1 nitrogen and oxygen atoms in total. The molecule has 0 amide bonds. The molecule has 1 aliphatic carbocycles. The normalized spacial score (nSPS) is 24.2. The molecule has 5 rings (SSSR count). The third kappa shape index (κ3) is 1.23. The second-order valence-corrected chi connectivity index (χ2v) is 5.62. The lowest BCUT2D eigenvalue weighted by molar-refractivity contribution is 0.373. The molecule has 2 aliphatic rings. The van der Waals surface area contributed by atoms with Crippen molar-refractivity contribution in [2.24, 2.45) is 0 Å². The van der Waals surface area contributed by atoms with Gasteiger partial charge in [0.2, 0.25) is 0 Å². The topological polar surface area (TPSA) is 12.5 Å². The fraction of sp³-hybridized carbons (Fsp3) is 0.222. The molecular weight excluding hydrogens is 232 g/mol. The number of epoxide rings is 1. The van der Waals surface area contributed by atoms with E-state index in [4.69, 9.17) is 4.74 Å². The van der Waals surface area contributed by atoms with Crippen LogP contribution in [0.25, 0.3) is 21.5 Å². The van der Waals surface area contributed by atoms with E-state index in [1.807, 2.05) is 0 Å². The van der Waals surface area contributed by atoms with Crippen LogP contribution < -0.4 is 0 Å². The number of rotatable bonds is 0. The second-order valence-electron chi connectivity index (χ2n) is 5.62. The fourth-order valence-corrected chi connectivity index (χ4v) is 3.74. The molecule has 0 radical (unpaired) electrons. The van der Waals surface area contributed by atoms with Crippen LogP contribution in [-0.4, -0.2) is 6.10 Å². The van der Waals surface area contributed by atoms with Crippen LogP contribution in [0.3, 0.4) is 0 Å². The van der Waals surface area contributed by atoms with Gasteiger partial charge in [-0.05, 0) is 45.5 Å². The first-order valence-corrected chi connectivity index (χ1v) is 7.01. The summed E-state index contributed by atoms with van der Waals surface area (Å²) in [5.74, 6) is 0. The van der Waals surface area contributed by atoms with E-state index in [-0.39, 0.29) is 0 Å². The van der Waals surface area contributed by atoms with Crippen molar-refractivity contribution in [3.05, 3.63) is 59.7 Å². The average molecular weight is 246 g/mol. The quantitative estimate of drug-likeness (QED) is 0.423. The molecule has 1 saturated heterocycles. The zero-order valence-electron chi connectivity index (χ0n) is 10.6. The monoisotopic (exact) mass is 246 g/mol. The summed E-state index contributed by atoms with van der Waals surface area (Å²) in [6.45, 7) is 0. The molecule has 2 atom stereocenters. The van der Waals surface area contributed by atoms with Crippen LogP contribution in [0.5, 0.6) is 0 Å². The van der Waals surface area contributed by atoms with Crippen molar-refractivity contribution >= 4 is 21.5 Å². The van der Waals surface area contributed by atoms with Gasteiger partial charge in [-0.2, -0.15) is 0 Å². The Hall–Kier alpha value is -1.86. The van der Waals surface area contributed by atoms with E-state index < -0.39 is 0 Å². The molecule has 0 bridgehead atoms. The van der Waals surface area contributed by atoms with E-state index in [1.54, 1.807) is 0 Å². The van der Waals surface area contributed by atoms with Gasteiger partial charge in [-0.1, -0.05) is 48.5 Å². The first-order valence-electron chi connectivity index (χ1n) is 7.01. The summed E-state index contributed by atoms with van der Waals surface area (Å²) in [5, 5.41) is 5.57. The number of fused-ring (bicyclic) bond motifs is 8. The first kappa shape index (κ1) is 9.99. The van der Waals surface area contributed by atoms with E-state index in [9.17, 15) is 0 Å². The van der Waals surface area contributed by atoms with Crippen LogP contribution in [0.15, 0.2) is 48.5 Å². The van der Waals surface area contributed by atoms with Crippen LogP contribution in [0, 0.1) is 0 Å². The van der Waals surface area contributed by atoms with Gasteiger partial charge in [0.1, 0.15) is 6.10 Å². The summed E-state index contributed by atoms with van der Waals surface area (Å²) in [6, 6.07) is 17.6. The molecule has 1 aliphatic heterocycles. The molecule has 1 heteroatoms. The summed E-state index contributed by atoms with van der Waals surface area (Å²) >= 11 is 0. The number of ether oxygens (including phenoxy) is 1. The van der Waals surface area contributed by atoms with Gasteiger partial charge < -0.3 is 4.74 Å². The summed E-state index contributed by atoms with van der Waals surface area (Å²) in [7, 11) is 0. The molecule has 3 aromatic carbocycles. The smallest absolute Gasteiger partial charge is 0.110 e. The Morgan fingerprint density at radius 2 is 1.42 bits per heavy atom. The molecule has 0 spiro atoms. The van der Waals surface area contributed by atoms with Gasteiger partial charge in [0, 0.05) is 0 Å². The SMILES string of the molecule is c1ccc2c(c1)c1c(c3ccccc32)C2OC2CC1. The Labute approximate surface area is 111 Å². The molecule has 0 saturated carbocycles. The molecule has 1 fully saturated rings. The van der Waals surface area contributed by atoms with Crippen LogP contribution in [0.2, 0.25) is 0 Å². The van der Waals surface area contributed by atoms with E-state index in [0.717, 1.165) is 6.42 Å². The maximum absolute atomic E-state index is 5.86. The van der Waals surface area contributed by atoms with E-state index in [2.05, 4.69) is 48.5 Å². The Morgan fingerprint density at radius 1 is 0.789 bits per heavy atom. The van der Waals surface area contributed by atoms with Gasteiger partial charge in [0.15, 0.2) is 0 Å². The van der Waals surface area contributed by atoms with E-state index in [1.165, 1.54) is 39.1 Å². The van der Waals surface area contributed by atoms with Gasteiger partial charge in [0.05, 0.1) is 6.10 Å². The highest BCUT2D eigenvalue weighted by atomic mass is 16.6. The molecule has 2 unspecified atom stereocenters. The van der Waals surface area contributed by atoms with Crippen molar-refractivity contribution in [3.63, 3.8) is 0 Å². The lowest BCUT2D eigenvalue weighted by Crippen LogP contribution is -2.06. The van der Waals surface area contributed by atoms with Crippen molar-refractivity contribution in [3.8, 4) is 0 Å². The minimum atomic E-state index is 0.359. The Balaban J connectivity index is 2.06. The largest absolute Gasteiger partial charge is 0.364 e. The number of hydrogen-bond acceptors (Lipinski definition) is 1. The molecule has 92 valence electrons. The molecule has 0 aromatic heterocycles. The minimum absolute atomic E-state index is 0.359. The molecule has 3 aromatic rings. The van der Waals surface area contributed by atoms with Crippen molar-refractivity contribution in [2.75, 3.05) is 0 Å². The Morgan fingerprint density at radius 3 is 2.21 bits per heavy atom. The van der Waals surface area contributed by atoms with Crippen LogP contribution in [-0.2, 0) is 11.2 Å². The number of hydrogen-bond donors (Lipinski definition) is 0. The molecule has 1 heterocycles. The van der Waals surface area contributed by atoms with Gasteiger partial charge in [-0.3, -0.25) is 0 Å². The maximum atomic E-state index is 5.86. The highest BCUT2D eigenvalue weighted by Crippen LogP contribution is 2.51. The van der Waals surface area contributed by atoms with E-state index >= 15 is 0 Å². The highest BCUT2D eigenvalue weighted by Gasteiger charge is 2.45. The zero-order valence-corrected chi connectivity index (χ0v) is 10.6. The van der Waals surface area contributed by atoms with Crippen molar-refractivity contribution in [1.29, 1.82) is 0 Å². The minimum Gasteiger partial charge on any atom is -0.364 e. The fourth-order valence-electron chi connectivity index (χ4n) is 3.74. The van der Waals surface area contributed by atoms with Crippen LogP contribution in [0.1, 0.15) is 23.7 Å². The van der Waals surface area contributed by atoms with Gasteiger partial charge in [-0.15, -0.1) is 0 Å². The molecule has 19 heavy (non-hydrogen) atoms. The van der Waals surface area contributed by atoms with Crippen molar-refractivity contribution in [2.45, 2.75) is 25.0 Å². The number of aryl methyl sites for hydroxylation is 1. The van der Waals surface area contributed by atoms with Gasteiger partial charge in [-0.25, -0.2) is 0 Å². The number of benzene rings is 3. The predicted molar refractivity (Wildman–Crippen MR) is 77.4 cm³/mol. The van der Waals surface area contributed by atoms with Crippen molar-refractivity contribution < 1.29 is 4.74 Å². The second kappa shape index (κ2) is 3.37. The first-order chi connectivity index (χ1) is 9.43. The van der Waals surface area contributed by atoms with Gasteiger partial charge >= 0.3 is 0 Å². The van der Waals surface area contributed by atoms with E-state index in [0.29, 0.717) is 12.2 Å². The maximum Gasteiger partial charge on any atom is 0.110 e. The Bertz CT molecular complexity index is 818.